The number of terminal acetylenes is 1. The summed E-state index contributed by atoms with van der Waals surface area (Å²) in [4.78, 5) is 28.8. The molecule has 1 aliphatic heterocycles. The average molecular weight is 666 g/mol. The Morgan fingerprint density at radius 3 is 1.82 bits per heavy atom. The van der Waals surface area contributed by atoms with E-state index in [0.717, 1.165) is 53.1 Å². The summed E-state index contributed by atoms with van der Waals surface area (Å²) >= 11 is 0. The van der Waals surface area contributed by atoms with Gasteiger partial charge < -0.3 is 0 Å². The van der Waals surface area contributed by atoms with Gasteiger partial charge in [-0.2, -0.15) is 0 Å². The van der Waals surface area contributed by atoms with E-state index in [0.29, 0.717) is 29.5 Å². The smallest absolute Gasteiger partial charge is 0.261 e. The maximum absolute atomic E-state index is 13.7. The van der Waals surface area contributed by atoms with Gasteiger partial charge in [-0.25, -0.2) is 0 Å². The molecule has 4 aromatic rings. The topological polar surface area (TPSA) is 37.4 Å². The van der Waals surface area contributed by atoms with Gasteiger partial charge >= 0.3 is 0 Å². The number of imide groups is 1. The first-order valence-corrected chi connectivity index (χ1v) is 19.5. The second-order valence-corrected chi connectivity index (χ2v) is 15.0. The molecule has 2 unspecified atom stereocenters. The van der Waals surface area contributed by atoms with E-state index in [-0.39, 0.29) is 17.2 Å². The lowest BCUT2D eigenvalue weighted by atomic mass is 9.64. The SMILES string of the molecule is C#Cc1ccc2c(c1)C(CC(CC)CCCC)(CC(CC)CCCC)c1cc(-c3ccc4c5c(cccc35)C(=O)N(CCCC)C4=O)ccc1-2. The predicted molar refractivity (Wildman–Crippen MR) is 210 cm³/mol. The Bertz CT molecular complexity index is 1890. The number of hydrogen-bond acceptors (Lipinski definition) is 2. The minimum Gasteiger partial charge on any atom is -0.274 e. The van der Waals surface area contributed by atoms with Crippen LogP contribution in [-0.2, 0) is 5.41 Å². The third kappa shape index (κ3) is 6.32. The number of hydrogen-bond donors (Lipinski definition) is 0. The molecule has 0 fully saturated rings. The lowest BCUT2D eigenvalue weighted by molar-refractivity contribution is 0.0608. The number of amides is 2. The van der Waals surface area contributed by atoms with Gasteiger partial charge in [0.05, 0.1) is 0 Å². The Morgan fingerprint density at radius 1 is 0.660 bits per heavy atom. The molecule has 1 aliphatic carbocycles. The molecule has 0 aromatic heterocycles. The Labute approximate surface area is 300 Å². The van der Waals surface area contributed by atoms with Gasteiger partial charge in [0, 0.05) is 34.0 Å². The summed E-state index contributed by atoms with van der Waals surface area (Å²) in [5.74, 6) is 3.84. The Morgan fingerprint density at radius 2 is 1.22 bits per heavy atom. The van der Waals surface area contributed by atoms with Crippen LogP contribution in [0.2, 0.25) is 0 Å². The van der Waals surface area contributed by atoms with Crippen molar-refractivity contribution < 1.29 is 9.59 Å². The average Bonchev–Trinajstić information content (AvgIpc) is 3.41. The van der Waals surface area contributed by atoms with E-state index in [1.165, 1.54) is 78.5 Å². The lowest BCUT2D eigenvalue weighted by Crippen LogP contribution is -2.40. The molecular formula is C47H55NO2. The van der Waals surface area contributed by atoms with Crippen LogP contribution in [0, 0.1) is 24.2 Å². The number of benzene rings is 4. The normalized spacial score (nSPS) is 17.5. The highest BCUT2D eigenvalue weighted by atomic mass is 16.2. The van der Waals surface area contributed by atoms with E-state index in [4.69, 9.17) is 6.42 Å². The molecule has 0 bridgehead atoms. The minimum absolute atomic E-state index is 0.144. The quantitative estimate of drug-likeness (QED) is 0.0882. The first-order chi connectivity index (χ1) is 24.3. The molecule has 50 heavy (non-hydrogen) atoms. The molecule has 2 aliphatic rings. The highest BCUT2D eigenvalue weighted by Gasteiger charge is 2.45. The standard InChI is InChI=1S/C47H55NO2/c1-7-13-17-33(11-5)30-47(31-34(12-6)18-14-8-2)42-28-32(10-4)21-23-37(42)38-24-22-35(29-43(38)47)36-25-26-41-44-39(36)19-16-20-40(44)45(49)48(46(41)50)27-15-9-3/h4,16,19-26,28-29,33-34H,7-9,11-15,17-18,27,30-31H2,1-3,5-6H3. The predicted octanol–water partition coefficient (Wildman–Crippen LogP) is 12.4. The maximum Gasteiger partial charge on any atom is 0.261 e. The van der Waals surface area contributed by atoms with Gasteiger partial charge in [-0.3, -0.25) is 14.5 Å². The third-order valence-corrected chi connectivity index (χ3v) is 11.9. The van der Waals surface area contributed by atoms with Crippen molar-refractivity contribution in [2.24, 2.45) is 11.8 Å². The van der Waals surface area contributed by atoms with E-state index in [2.05, 4.69) is 89.1 Å². The molecule has 0 saturated heterocycles. The maximum atomic E-state index is 13.7. The number of carbonyl (C=O) groups excluding carboxylic acids is 2. The number of rotatable bonds is 16. The summed E-state index contributed by atoms with van der Waals surface area (Å²) in [5, 5.41) is 1.76. The van der Waals surface area contributed by atoms with Crippen LogP contribution in [0.4, 0.5) is 0 Å². The van der Waals surface area contributed by atoms with E-state index in [1.54, 1.807) is 0 Å². The third-order valence-electron chi connectivity index (χ3n) is 11.9. The zero-order valence-electron chi connectivity index (χ0n) is 31.0. The van der Waals surface area contributed by atoms with Crippen molar-refractivity contribution in [1.82, 2.24) is 4.90 Å². The molecule has 0 radical (unpaired) electrons. The molecule has 260 valence electrons. The summed E-state index contributed by atoms with van der Waals surface area (Å²) in [6.45, 7) is 11.9. The minimum atomic E-state index is -0.179. The molecule has 0 N–H and O–H groups in total. The van der Waals surface area contributed by atoms with Gasteiger partial charge in [-0.15, -0.1) is 6.42 Å². The fourth-order valence-corrected chi connectivity index (χ4v) is 9.07. The van der Waals surface area contributed by atoms with Crippen molar-refractivity contribution in [2.75, 3.05) is 6.54 Å². The Hall–Kier alpha value is -4.16. The van der Waals surface area contributed by atoms with Crippen molar-refractivity contribution in [1.29, 1.82) is 0 Å². The van der Waals surface area contributed by atoms with E-state index in [9.17, 15) is 9.59 Å². The summed E-state index contributed by atoms with van der Waals surface area (Å²) in [6.07, 6.45) is 19.8. The van der Waals surface area contributed by atoms with Crippen molar-refractivity contribution in [3.05, 3.63) is 94.5 Å². The molecule has 2 amide bonds. The number of fused-ring (bicyclic) bond motifs is 3. The van der Waals surface area contributed by atoms with Gasteiger partial charge in [-0.05, 0) is 100 Å². The first kappa shape index (κ1) is 35.7. The van der Waals surface area contributed by atoms with Crippen LogP contribution in [0.1, 0.15) is 149 Å². The molecule has 4 aromatic carbocycles. The van der Waals surface area contributed by atoms with Gasteiger partial charge in [0.2, 0.25) is 0 Å². The van der Waals surface area contributed by atoms with E-state index < -0.39 is 0 Å². The number of nitrogens with zero attached hydrogens (tertiary/aromatic N) is 1. The summed E-state index contributed by atoms with van der Waals surface area (Å²) < 4.78 is 0. The van der Waals surface area contributed by atoms with Crippen molar-refractivity contribution in [2.45, 2.75) is 117 Å². The molecule has 0 spiro atoms. The van der Waals surface area contributed by atoms with E-state index >= 15 is 0 Å². The van der Waals surface area contributed by atoms with Crippen molar-refractivity contribution >= 4 is 22.6 Å². The lowest BCUT2D eigenvalue weighted by Gasteiger charge is -2.39. The molecule has 3 heteroatoms. The molecule has 1 heterocycles. The largest absolute Gasteiger partial charge is 0.274 e. The Kier molecular flexibility index (Phi) is 11.0. The highest BCUT2D eigenvalue weighted by molar-refractivity contribution is 6.27. The van der Waals surface area contributed by atoms with Gasteiger partial charge in [0.1, 0.15) is 0 Å². The highest BCUT2D eigenvalue weighted by Crippen LogP contribution is 2.57. The van der Waals surface area contributed by atoms with Crippen LogP contribution in [0.25, 0.3) is 33.0 Å². The number of carbonyl (C=O) groups is 2. The van der Waals surface area contributed by atoms with Gasteiger partial charge in [0.25, 0.3) is 11.8 Å². The Balaban J connectivity index is 1.55. The van der Waals surface area contributed by atoms with Crippen LogP contribution >= 0.6 is 0 Å². The van der Waals surface area contributed by atoms with Crippen LogP contribution in [0.3, 0.4) is 0 Å². The molecule has 3 nitrogen and oxygen atoms in total. The van der Waals surface area contributed by atoms with Crippen LogP contribution < -0.4 is 0 Å². The van der Waals surface area contributed by atoms with Gasteiger partial charge in [-0.1, -0.05) is 135 Å². The monoisotopic (exact) mass is 665 g/mol. The van der Waals surface area contributed by atoms with Crippen LogP contribution in [0.5, 0.6) is 0 Å². The second kappa shape index (κ2) is 15.4. The molecule has 6 rings (SSSR count). The molecule has 0 saturated carbocycles. The number of unbranched alkanes of at least 4 members (excludes halogenated alkanes) is 3. The second-order valence-electron chi connectivity index (χ2n) is 15.0. The zero-order valence-corrected chi connectivity index (χ0v) is 31.0. The van der Waals surface area contributed by atoms with Crippen molar-refractivity contribution in [3.8, 4) is 34.6 Å². The fraction of sp³-hybridized carbons (Fsp3) is 0.447. The zero-order chi connectivity index (χ0) is 35.4. The summed E-state index contributed by atoms with van der Waals surface area (Å²) in [6, 6.07) is 23.8. The summed E-state index contributed by atoms with van der Waals surface area (Å²) in [7, 11) is 0. The van der Waals surface area contributed by atoms with Crippen LogP contribution in [-0.4, -0.2) is 23.3 Å². The fourth-order valence-electron chi connectivity index (χ4n) is 9.07. The summed E-state index contributed by atoms with van der Waals surface area (Å²) in [5.41, 5.74) is 9.74. The van der Waals surface area contributed by atoms with Crippen LogP contribution in [0.15, 0.2) is 66.7 Å². The molecule has 2 atom stereocenters. The van der Waals surface area contributed by atoms with Crippen molar-refractivity contribution in [3.63, 3.8) is 0 Å². The molecular weight excluding hydrogens is 611 g/mol. The van der Waals surface area contributed by atoms with Gasteiger partial charge in [0.15, 0.2) is 0 Å². The first-order valence-electron chi connectivity index (χ1n) is 19.5. The van der Waals surface area contributed by atoms with E-state index in [1.807, 2.05) is 18.2 Å².